The van der Waals surface area contributed by atoms with E-state index in [9.17, 15) is 4.39 Å². The minimum Gasteiger partial charge on any atom is -0.493 e. The summed E-state index contributed by atoms with van der Waals surface area (Å²) < 4.78 is 18.9. The van der Waals surface area contributed by atoms with Gasteiger partial charge in [0.1, 0.15) is 11.6 Å². The molecule has 1 N–H and O–H groups in total. The first-order valence-corrected chi connectivity index (χ1v) is 7.44. The first-order chi connectivity index (χ1) is 10.2. The Morgan fingerprint density at radius 3 is 2.95 bits per heavy atom. The van der Waals surface area contributed by atoms with E-state index in [0.717, 1.165) is 30.8 Å². The van der Waals surface area contributed by atoms with E-state index in [0.29, 0.717) is 6.04 Å². The highest BCUT2D eigenvalue weighted by molar-refractivity contribution is 5.37. The Kier molecular flexibility index (Phi) is 4.20. The molecule has 2 atom stereocenters. The van der Waals surface area contributed by atoms with Crippen molar-refractivity contribution in [2.24, 2.45) is 0 Å². The van der Waals surface area contributed by atoms with Crippen LogP contribution in [0.5, 0.6) is 5.75 Å². The molecule has 2 unspecified atom stereocenters. The van der Waals surface area contributed by atoms with Crippen LogP contribution in [0.2, 0.25) is 0 Å². The molecule has 2 aromatic rings. The number of ether oxygens (including phenoxy) is 1. The SMILES string of the molecule is CC(Cc1cccc(F)c1)NC1CCOc2ccccc21. The van der Waals surface area contributed by atoms with E-state index >= 15 is 0 Å². The predicted molar refractivity (Wildman–Crippen MR) is 82.0 cm³/mol. The van der Waals surface area contributed by atoms with Crippen LogP contribution in [-0.2, 0) is 6.42 Å². The molecule has 1 aliphatic heterocycles. The summed E-state index contributed by atoms with van der Waals surface area (Å²) in [6, 6.07) is 15.6. The van der Waals surface area contributed by atoms with Crippen LogP contribution in [0.15, 0.2) is 48.5 Å². The zero-order valence-electron chi connectivity index (χ0n) is 12.2. The van der Waals surface area contributed by atoms with Crippen molar-refractivity contribution in [3.63, 3.8) is 0 Å². The van der Waals surface area contributed by atoms with Gasteiger partial charge >= 0.3 is 0 Å². The molecule has 0 radical (unpaired) electrons. The van der Waals surface area contributed by atoms with E-state index in [-0.39, 0.29) is 11.9 Å². The monoisotopic (exact) mass is 285 g/mol. The summed E-state index contributed by atoms with van der Waals surface area (Å²) in [6.45, 7) is 2.88. The lowest BCUT2D eigenvalue weighted by molar-refractivity contribution is 0.245. The molecule has 0 aromatic heterocycles. The van der Waals surface area contributed by atoms with E-state index in [4.69, 9.17) is 4.74 Å². The van der Waals surface area contributed by atoms with Crippen molar-refractivity contribution in [2.45, 2.75) is 31.8 Å². The first-order valence-electron chi connectivity index (χ1n) is 7.44. The number of benzene rings is 2. The van der Waals surface area contributed by atoms with Crippen molar-refractivity contribution in [3.8, 4) is 5.75 Å². The maximum absolute atomic E-state index is 13.2. The molecule has 3 heteroatoms. The van der Waals surface area contributed by atoms with E-state index in [1.165, 1.54) is 11.6 Å². The largest absolute Gasteiger partial charge is 0.493 e. The van der Waals surface area contributed by atoms with Crippen molar-refractivity contribution in [1.82, 2.24) is 5.32 Å². The molecule has 3 rings (SSSR count). The third-order valence-electron chi connectivity index (χ3n) is 3.88. The van der Waals surface area contributed by atoms with Crippen LogP contribution in [0.1, 0.15) is 30.5 Å². The molecule has 2 nitrogen and oxygen atoms in total. The molecule has 110 valence electrons. The zero-order chi connectivity index (χ0) is 14.7. The fraction of sp³-hybridized carbons (Fsp3) is 0.333. The van der Waals surface area contributed by atoms with Gasteiger partial charge in [0.2, 0.25) is 0 Å². The smallest absolute Gasteiger partial charge is 0.124 e. The molecule has 0 saturated carbocycles. The van der Waals surface area contributed by atoms with E-state index in [1.54, 1.807) is 12.1 Å². The Labute approximate surface area is 125 Å². The number of halogens is 1. The summed E-state index contributed by atoms with van der Waals surface area (Å²) >= 11 is 0. The Bertz CT molecular complexity index is 614. The minimum atomic E-state index is -0.170. The lowest BCUT2D eigenvalue weighted by atomic mass is 9.98. The van der Waals surface area contributed by atoms with Gasteiger partial charge in [0.25, 0.3) is 0 Å². The Morgan fingerprint density at radius 1 is 1.24 bits per heavy atom. The van der Waals surface area contributed by atoms with Gasteiger partial charge in [-0.2, -0.15) is 0 Å². The van der Waals surface area contributed by atoms with E-state index in [1.807, 2.05) is 24.3 Å². The van der Waals surface area contributed by atoms with E-state index < -0.39 is 0 Å². The summed E-state index contributed by atoms with van der Waals surface area (Å²) in [4.78, 5) is 0. The number of fused-ring (bicyclic) bond motifs is 1. The lowest BCUT2D eigenvalue weighted by Gasteiger charge is -2.29. The summed E-state index contributed by atoms with van der Waals surface area (Å²) in [5, 5.41) is 3.64. The Hall–Kier alpha value is -1.87. The fourth-order valence-electron chi connectivity index (χ4n) is 2.94. The molecule has 1 aliphatic rings. The van der Waals surface area contributed by atoms with Crippen LogP contribution < -0.4 is 10.1 Å². The predicted octanol–water partition coefficient (Wildman–Crippen LogP) is 3.87. The Morgan fingerprint density at radius 2 is 2.10 bits per heavy atom. The average Bonchev–Trinajstić information content (AvgIpc) is 2.47. The highest BCUT2D eigenvalue weighted by atomic mass is 19.1. The van der Waals surface area contributed by atoms with Crippen molar-refractivity contribution in [1.29, 1.82) is 0 Å². The summed E-state index contributed by atoms with van der Waals surface area (Å²) in [5.74, 6) is 0.801. The van der Waals surface area contributed by atoms with Crippen LogP contribution in [0.25, 0.3) is 0 Å². The van der Waals surface area contributed by atoms with Gasteiger partial charge in [-0.1, -0.05) is 30.3 Å². The quantitative estimate of drug-likeness (QED) is 0.920. The topological polar surface area (TPSA) is 21.3 Å². The molecule has 0 bridgehead atoms. The maximum atomic E-state index is 13.2. The molecule has 0 aliphatic carbocycles. The van der Waals surface area contributed by atoms with Gasteiger partial charge in [0, 0.05) is 24.1 Å². The van der Waals surface area contributed by atoms with Crippen molar-refractivity contribution in [2.75, 3.05) is 6.61 Å². The number of hydrogen-bond acceptors (Lipinski definition) is 2. The van der Waals surface area contributed by atoms with Crippen LogP contribution in [-0.4, -0.2) is 12.6 Å². The second-order valence-corrected chi connectivity index (χ2v) is 5.63. The molecule has 2 aromatic carbocycles. The highest BCUT2D eigenvalue weighted by Crippen LogP contribution is 2.31. The molecule has 1 heterocycles. The highest BCUT2D eigenvalue weighted by Gasteiger charge is 2.22. The molecule has 0 spiro atoms. The molecule has 21 heavy (non-hydrogen) atoms. The van der Waals surface area contributed by atoms with E-state index in [2.05, 4.69) is 18.3 Å². The van der Waals surface area contributed by atoms with Gasteiger partial charge in [0.15, 0.2) is 0 Å². The van der Waals surface area contributed by atoms with Gasteiger partial charge < -0.3 is 10.1 Å². The van der Waals surface area contributed by atoms with Gasteiger partial charge in [-0.15, -0.1) is 0 Å². The van der Waals surface area contributed by atoms with Gasteiger partial charge in [-0.25, -0.2) is 4.39 Å². The normalized spacial score (nSPS) is 18.7. The van der Waals surface area contributed by atoms with Crippen molar-refractivity contribution in [3.05, 3.63) is 65.5 Å². The van der Waals surface area contributed by atoms with Gasteiger partial charge in [0.05, 0.1) is 6.61 Å². The van der Waals surface area contributed by atoms with Crippen LogP contribution in [0.3, 0.4) is 0 Å². The average molecular weight is 285 g/mol. The first kappa shape index (κ1) is 14.1. The minimum absolute atomic E-state index is 0.170. The number of nitrogens with one attached hydrogen (secondary N) is 1. The van der Waals surface area contributed by atoms with Crippen molar-refractivity contribution >= 4 is 0 Å². The molecular weight excluding hydrogens is 265 g/mol. The van der Waals surface area contributed by atoms with Crippen LogP contribution in [0.4, 0.5) is 4.39 Å². The third kappa shape index (κ3) is 3.42. The third-order valence-corrected chi connectivity index (χ3v) is 3.88. The second-order valence-electron chi connectivity index (χ2n) is 5.63. The summed E-state index contributed by atoms with van der Waals surface area (Å²) in [5.41, 5.74) is 2.24. The maximum Gasteiger partial charge on any atom is 0.124 e. The Balaban J connectivity index is 1.67. The summed E-state index contributed by atoms with van der Waals surface area (Å²) in [7, 11) is 0. The van der Waals surface area contributed by atoms with Gasteiger partial charge in [-0.05, 0) is 37.1 Å². The summed E-state index contributed by atoms with van der Waals surface area (Å²) in [6.07, 6.45) is 1.78. The number of rotatable bonds is 4. The van der Waals surface area contributed by atoms with Gasteiger partial charge in [-0.3, -0.25) is 0 Å². The number of hydrogen-bond donors (Lipinski definition) is 1. The number of para-hydroxylation sites is 1. The second kappa shape index (κ2) is 6.27. The van der Waals surface area contributed by atoms with Crippen LogP contribution in [0, 0.1) is 5.82 Å². The fourth-order valence-corrected chi connectivity index (χ4v) is 2.94. The molecule has 0 amide bonds. The molecule has 0 saturated heterocycles. The molecular formula is C18H20FNO. The standard InChI is InChI=1S/C18H20FNO/c1-13(11-14-5-4-6-15(19)12-14)20-17-9-10-21-18-8-3-2-7-16(17)18/h2-8,12-13,17,20H,9-11H2,1H3. The van der Waals surface area contributed by atoms with Crippen molar-refractivity contribution < 1.29 is 9.13 Å². The lowest BCUT2D eigenvalue weighted by Crippen LogP contribution is -2.35. The zero-order valence-corrected chi connectivity index (χ0v) is 12.2. The van der Waals surface area contributed by atoms with Crippen LogP contribution >= 0.6 is 0 Å². The molecule has 0 fully saturated rings.